The van der Waals surface area contributed by atoms with Crippen molar-refractivity contribution in [1.82, 2.24) is 5.32 Å². The predicted octanol–water partition coefficient (Wildman–Crippen LogP) is 0.282. The lowest BCUT2D eigenvalue weighted by Gasteiger charge is -2.25. The molecule has 7 nitrogen and oxygen atoms in total. The number of carbonyl (C=O) groups excluding carboxylic acids is 1. The third-order valence-corrected chi connectivity index (χ3v) is 2.75. The highest BCUT2D eigenvalue weighted by Gasteiger charge is 2.47. The quantitative estimate of drug-likeness (QED) is 0.646. The molecule has 0 saturated carbocycles. The number of aliphatic carboxylic acids is 2. The molecule has 1 aromatic rings. The number of hydrogen-bond donors (Lipinski definition) is 3. The highest BCUT2D eigenvalue weighted by molar-refractivity contribution is 6.06. The molecule has 0 aromatic heterocycles. The van der Waals surface area contributed by atoms with Gasteiger partial charge in [-0.25, -0.2) is 9.59 Å². The van der Waals surface area contributed by atoms with Crippen molar-refractivity contribution in [2.24, 2.45) is 0 Å². The van der Waals surface area contributed by atoms with Crippen LogP contribution in [0.2, 0.25) is 0 Å². The molecule has 0 heterocycles. The molecule has 0 aliphatic carbocycles. The molecule has 0 unspecified atom stereocenters. The third-order valence-electron chi connectivity index (χ3n) is 2.75. The van der Waals surface area contributed by atoms with Gasteiger partial charge < -0.3 is 20.3 Å². The lowest BCUT2D eigenvalue weighted by atomic mass is 9.90. The van der Waals surface area contributed by atoms with Crippen LogP contribution in [0.3, 0.4) is 0 Å². The monoisotopic (exact) mass is 281 g/mol. The van der Waals surface area contributed by atoms with Crippen molar-refractivity contribution in [3.8, 4) is 5.75 Å². The van der Waals surface area contributed by atoms with Gasteiger partial charge in [-0.1, -0.05) is 12.1 Å². The van der Waals surface area contributed by atoms with Crippen LogP contribution in [0.25, 0.3) is 0 Å². The lowest BCUT2D eigenvalue weighted by Crippen LogP contribution is -2.61. The molecule has 0 atom stereocenters. The van der Waals surface area contributed by atoms with E-state index in [-0.39, 0.29) is 6.42 Å². The van der Waals surface area contributed by atoms with Crippen molar-refractivity contribution in [3.63, 3.8) is 0 Å². The minimum absolute atomic E-state index is 0.374. The molecule has 0 fully saturated rings. The maximum absolute atomic E-state index is 11.3. The maximum atomic E-state index is 11.3. The van der Waals surface area contributed by atoms with E-state index in [0.29, 0.717) is 11.3 Å². The SMILES string of the molecule is COc1ccc(CC(NC(C)=O)(C(=O)O)C(=O)O)cc1. The molecule has 7 heteroatoms. The standard InChI is InChI=1S/C13H15NO6/c1-8(15)14-13(11(16)17,12(18)19)7-9-3-5-10(20-2)6-4-9/h3-6H,7H2,1-2H3,(H,14,15)(H,16,17)(H,18,19). The number of rotatable bonds is 6. The van der Waals surface area contributed by atoms with Crippen LogP contribution in [0.5, 0.6) is 5.75 Å². The van der Waals surface area contributed by atoms with Crippen molar-refractivity contribution >= 4 is 17.8 Å². The van der Waals surface area contributed by atoms with Gasteiger partial charge in [0, 0.05) is 13.3 Å². The molecule has 0 radical (unpaired) electrons. The van der Waals surface area contributed by atoms with Gasteiger partial charge in [0.05, 0.1) is 7.11 Å². The van der Waals surface area contributed by atoms with Crippen LogP contribution in [0, 0.1) is 0 Å². The number of methoxy groups -OCH3 is 1. The average molecular weight is 281 g/mol. The van der Waals surface area contributed by atoms with Crippen molar-refractivity contribution in [3.05, 3.63) is 29.8 Å². The molecule has 0 spiro atoms. The molecule has 1 rings (SSSR count). The first-order chi connectivity index (χ1) is 9.31. The number of hydrogen-bond acceptors (Lipinski definition) is 4. The van der Waals surface area contributed by atoms with Crippen molar-refractivity contribution in [1.29, 1.82) is 0 Å². The zero-order chi connectivity index (χ0) is 15.3. The first-order valence-electron chi connectivity index (χ1n) is 5.70. The topological polar surface area (TPSA) is 113 Å². The molecular weight excluding hydrogens is 266 g/mol. The highest BCUT2D eigenvalue weighted by Crippen LogP contribution is 2.18. The summed E-state index contributed by atoms with van der Waals surface area (Å²) in [7, 11) is 1.48. The van der Waals surface area contributed by atoms with Gasteiger partial charge in [0.15, 0.2) is 0 Å². The number of carbonyl (C=O) groups is 3. The summed E-state index contributed by atoms with van der Waals surface area (Å²) in [5.41, 5.74) is -1.94. The summed E-state index contributed by atoms with van der Waals surface area (Å²) in [5.74, 6) is -3.43. The zero-order valence-electron chi connectivity index (χ0n) is 11.0. The Morgan fingerprint density at radius 2 is 1.65 bits per heavy atom. The molecule has 20 heavy (non-hydrogen) atoms. The van der Waals surface area contributed by atoms with Gasteiger partial charge in [-0.3, -0.25) is 4.79 Å². The first kappa shape index (κ1) is 15.5. The average Bonchev–Trinajstić information content (AvgIpc) is 2.37. The summed E-state index contributed by atoms with van der Waals surface area (Å²) in [6, 6.07) is 6.25. The molecule has 0 aliphatic heterocycles. The van der Waals surface area contributed by atoms with Crippen LogP contribution < -0.4 is 10.1 Å². The number of amides is 1. The van der Waals surface area contributed by atoms with E-state index < -0.39 is 23.4 Å². The van der Waals surface area contributed by atoms with E-state index >= 15 is 0 Å². The summed E-state index contributed by atoms with van der Waals surface area (Å²) in [5, 5.41) is 20.4. The van der Waals surface area contributed by atoms with Crippen molar-refractivity contribution < 1.29 is 29.3 Å². The second-order valence-electron chi connectivity index (χ2n) is 4.22. The van der Waals surface area contributed by atoms with Crippen LogP contribution in [-0.4, -0.2) is 40.7 Å². The van der Waals surface area contributed by atoms with E-state index in [1.807, 2.05) is 5.32 Å². The van der Waals surface area contributed by atoms with Gasteiger partial charge in [0.25, 0.3) is 0 Å². The molecule has 0 bridgehead atoms. The number of ether oxygens (including phenoxy) is 1. The van der Waals surface area contributed by atoms with Gasteiger partial charge in [-0.05, 0) is 17.7 Å². The minimum atomic E-state index is -2.39. The lowest BCUT2D eigenvalue weighted by molar-refractivity contribution is -0.161. The summed E-state index contributed by atoms with van der Waals surface area (Å²) in [6.45, 7) is 1.06. The molecule has 108 valence electrons. The van der Waals surface area contributed by atoms with Crippen LogP contribution >= 0.6 is 0 Å². The Morgan fingerprint density at radius 1 is 1.15 bits per heavy atom. The van der Waals surface area contributed by atoms with E-state index in [9.17, 15) is 24.6 Å². The Morgan fingerprint density at radius 3 is 2.00 bits per heavy atom. The van der Waals surface area contributed by atoms with Crippen molar-refractivity contribution in [2.75, 3.05) is 7.11 Å². The van der Waals surface area contributed by atoms with Gasteiger partial charge >= 0.3 is 11.9 Å². The molecule has 1 amide bonds. The van der Waals surface area contributed by atoms with Crippen LogP contribution in [0.1, 0.15) is 12.5 Å². The highest BCUT2D eigenvalue weighted by atomic mass is 16.5. The number of carboxylic acid groups (broad SMARTS) is 2. The van der Waals surface area contributed by atoms with Crippen LogP contribution in [0.4, 0.5) is 0 Å². The number of benzene rings is 1. The fourth-order valence-electron chi connectivity index (χ4n) is 1.74. The molecule has 0 saturated heterocycles. The summed E-state index contributed by atoms with van der Waals surface area (Å²) in [4.78, 5) is 33.7. The third kappa shape index (κ3) is 3.25. The second kappa shape index (κ2) is 6.05. The Bertz CT molecular complexity index is 508. The van der Waals surface area contributed by atoms with Gasteiger partial charge in [-0.15, -0.1) is 0 Å². The molecule has 1 aromatic carbocycles. The van der Waals surface area contributed by atoms with Crippen LogP contribution in [-0.2, 0) is 20.8 Å². The Labute approximate surface area is 115 Å². The number of nitrogens with one attached hydrogen (secondary N) is 1. The van der Waals surface area contributed by atoms with Gasteiger partial charge in [0.1, 0.15) is 5.75 Å². The smallest absolute Gasteiger partial charge is 0.341 e. The molecule has 3 N–H and O–H groups in total. The van der Waals surface area contributed by atoms with Crippen molar-refractivity contribution in [2.45, 2.75) is 18.9 Å². The summed E-state index contributed by atoms with van der Waals surface area (Å²) in [6.07, 6.45) is -0.374. The summed E-state index contributed by atoms with van der Waals surface area (Å²) >= 11 is 0. The minimum Gasteiger partial charge on any atom is -0.497 e. The van der Waals surface area contributed by atoms with E-state index in [1.165, 1.54) is 7.11 Å². The van der Waals surface area contributed by atoms with E-state index in [0.717, 1.165) is 6.92 Å². The molecular formula is C13H15NO6. The largest absolute Gasteiger partial charge is 0.497 e. The normalized spacial score (nSPS) is 10.7. The number of carboxylic acids is 2. The van der Waals surface area contributed by atoms with E-state index in [4.69, 9.17) is 4.74 Å². The maximum Gasteiger partial charge on any atom is 0.341 e. The Kier molecular flexibility index (Phi) is 4.68. The van der Waals surface area contributed by atoms with E-state index in [2.05, 4.69) is 0 Å². The molecule has 0 aliphatic rings. The fourth-order valence-corrected chi connectivity index (χ4v) is 1.74. The predicted molar refractivity (Wildman–Crippen MR) is 68.5 cm³/mol. The van der Waals surface area contributed by atoms with E-state index in [1.54, 1.807) is 24.3 Å². The Balaban J connectivity index is 3.13. The van der Waals surface area contributed by atoms with Gasteiger partial charge in [-0.2, -0.15) is 0 Å². The second-order valence-corrected chi connectivity index (χ2v) is 4.22. The summed E-state index contributed by atoms with van der Waals surface area (Å²) < 4.78 is 4.96. The fraction of sp³-hybridized carbons (Fsp3) is 0.308. The first-order valence-corrected chi connectivity index (χ1v) is 5.70. The van der Waals surface area contributed by atoms with Crippen LogP contribution in [0.15, 0.2) is 24.3 Å². The van der Waals surface area contributed by atoms with Gasteiger partial charge in [0.2, 0.25) is 11.4 Å². The Hall–Kier alpha value is -2.57. The zero-order valence-corrected chi connectivity index (χ0v) is 11.0.